The van der Waals surface area contributed by atoms with Gasteiger partial charge < -0.3 is 5.11 Å². The molecule has 3 nitrogen and oxygen atoms in total. The van der Waals surface area contributed by atoms with Gasteiger partial charge in [0.2, 0.25) is 5.78 Å². The Balaban J connectivity index is 2.86. The standard InChI is InChI=1S/C5H5NO2S/c7-3-1-2-6-5(9)4(3)8/h1-3,7H,(H,6,9). The lowest BCUT2D eigenvalue weighted by atomic mass is 10.2. The van der Waals surface area contributed by atoms with Crippen LogP contribution in [0.5, 0.6) is 0 Å². The second-order valence-corrected chi connectivity index (χ2v) is 2.03. The molecule has 1 rings (SSSR count). The molecule has 1 atom stereocenters. The van der Waals surface area contributed by atoms with Crippen LogP contribution in [0.4, 0.5) is 0 Å². The van der Waals surface area contributed by atoms with Gasteiger partial charge in [-0.05, 0) is 6.08 Å². The number of carbonyl (C=O) groups excluding carboxylic acids is 1. The number of Topliss-reactive ketones (excluding diaryl/α,β-unsaturated/α-hetero) is 1. The van der Waals surface area contributed by atoms with Gasteiger partial charge in [0.05, 0.1) is 0 Å². The Kier molecular flexibility index (Phi) is 1.68. The molecule has 0 spiro atoms. The molecule has 0 saturated heterocycles. The molecule has 0 fully saturated rings. The first-order chi connectivity index (χ1) is 4.22. The van der Waals surface area contributed by atoms with Gasteiger partial charge in [-0.15, -0.1) is 12.6 Å². The van der Waals surface area contributed by atoms with Crippen LogP contribution >= 0.6 is 12.6 Å². The van der Waals surface area contributed by atoms with Gasteiger partial charge in [-0.1, -0.05) is 0 Å². The highest BCUT2D eigenvalue weighted by Crippen LogP contribution is 2.01. The second kappa shape index (κ2) is 2.33. The quantitative estimate of drug-likeness (QED) is 0.460. The minimum absolute atomic E-state index is 0.0602. The lowest BCUT2D eigenvalue weighted by Gasteiger charge is -2.05. The maximum Gasteiger partial charge on any atom is 0.219 e. The van der Waals surface area contributed by atoms with Gasteiger partial charge in [0.15, 0.2) is 0 Å². The van der Waals surface area contributed by atoms with Crippen LogP contribution in [0.3, 0.4) is 0 Å². The van der Waals surface area contributed by atoms with Crippen LogP contribution in [0.1, 0.15) is 0 Å². The molecule has 1 unspecified atom stereocenters. The topological polar surface area (TPSA) is 49.7 Å². The first-order valence-corrected chi connectivity index (χ1v) is 2.82. The number of hydrogen-bond acceptors (Lipinski definition) is 3. The predicted octanol–water partition coefficient (Wildman–Crippen LogP) is -0.228. The van der Waals surface area contributed by atoms with Crippen molar-refractivity contribution >= 4 is 23.5 Å². The summed E-state index contributed by atoms with van der Waals surface area (Å²) in [6, 6.07) is 0. The Hall–Kier alpha value is -0.610. The highest BCUT2D eigenvalue weighted by atomic mass is 32.1. The summed E-state index contributed by atoms with van der Waals surface area (Å²) in [5, 5.41) is 8.84. The van der Waals surface area contributed by atoms with E-state index in [2.05, 4.69) is 17.6 Å². The van der Waals surface area contributed by atoms with E-state index in [9.17, 15) is 4.79 Å². The zero-order chi connectivity index (χ0) is 6.85. The third-order valence-electron chi connectivity index (χ3n) is 0.954. The number of nitrogens with zero attached hydrogens (tertiary/aromatic N) is 1. The molecular weight excluding hydrogens is 138 g/mol. The van der Waals surface area contributed by atoms with Gasteiger partial charge >= 0.3 is 0 Å². The fourth-order valence-electron chi connectivity index (χ4n) is 0.478. The fourth-order valence-corrected chi connectivity index (χ4v) is 0.677. The van der Waals surface area contributed by atoms with Crippen molar-refractivity contribution < 1.29 is 9.90 Å². The van der Waals surface area contributed by atoms with Gasteiger partial charge in [-0.2, -0.15) is 0 Å². The van der Waals surface area contributed by atoms with Crippen molar-refractivity contribution in [3.05, 3.63) is 12.3 Å². The fraction of sp³-hybridized carbons (Fsp3) is 0.200. The molecule has 1 aliphatic rings. The van der Waals surface area contributed by atoms with E-state index in [1.165, 1.54) is 12.3 Å². The molecule has 0 bridgehead atoms. The number of hydrogen-bond donors (Lipinski definition) is 2. The predicted molar refractivity (Wildman–Crippen MR) is 36.6 cm³/mol. The molecule has 48 valence electrons. The molecule has 1 N–H and O–H groups in total. The Morgan fingerprint density at radius 1 is 1.78 bits per heavy atom. The third kappa shape index (κ3) is 1.20. The summed E-state index contributed by atoms with van der Waals surface area (Å²) in [7, 11) is 0. The zero-order valence-electron chi connectivity index (χ0n) is 4.48. The van der Waals surface area contributed by atoms with Crippen LogP contribution in [0, 0.1) is 0 Å². The molecule has 0 aliphatic carbocycles. The molecule has 1 aliphatic heterocycles. The molecule has 0 aromatic heterocycles. The highest BCUT2D eigenvalue weighted by molar-refractivity contribution is 7.99. The maximum atomic E-state index is 10.6. The van der Waals surface area contributed by atoms with Crippen LogP contribution in [0.25, 0.3) is 0 Å². The average molecular weight is 143 g/mol. The molecule has 0 aromatic rings. The van der Waals surface area contributed by atoms with Crippen LogP contribution in [0.15, 0.2) is 17.3 Å². The summed E-state index contributed by atoms with van der Waals surface area (Å²) in [4.78, 5) is 14.2. The van der Waals surface area contributed by atoms with E-state index in [4.69, 9.17) is 5.11 Å². The molecular formula is C5H5NO2S. The van der Waals surface area contributed by atoms with Gasteiger partial charge in [-0.25, -0.2) is 4.99 Å². The van der Waals surface area contributed by atoms with E-state index in [0.29, 0.717) is 0 Å². The van der Waals surface area contributed by atoms with E-state index in [0.717, 1.165) is 0 Å². The Morgan fingerprint density at radius 3 is 2.89 bits per heavy atom. The smallest absolute Gasteiger partial charge is 0.219 e. The van der Waals surface area contributed by atoms with Crippen molar-refractivity contribution in [2.45, 2.75) is 6.10 Å². The molecule has 4 heteroatoms. The molecule has 0 aromatic carbocycles. The van der Waals surface area contributed by atoms with Crippen molar-refractivity contribution in [3.8, 4) is 0 Å². The van der Waals surface area contributed by atoms with Crippen molar-refractivity contribution in [2.24, 2.45) is 4.99 Å². The summed E-state index contributed by atoms with van der Waals surface area (Å²) in [6.07, 6.45) is 1.62. The van der Waals surface area contributed by atoms with Gasteiger partial charge in [0.25, 0.3) is 0 Å². The van der Waals surface area contributed by atoms with E-state index in [-0.39, 0.29) is 5.04 Å². The zero-order valence-corrected chi connectivity index (χ0v) is 5.38. The first kappa shape index (κ1) is 6.51. The normalized spacial score (nSPS) is 26.2. The number of carbonyl (C=O) groups is 1. The average Bonchev–Trinajstić information content (AvgIpc) is 1.83. The number of aliphatic hydroxyl groups excluding tert-OH is 1. The van der Waals surface area contributed by atoms with Gasteiger partial charge in [0.1, 0.15) is 11.1 Å². The lowest BCUT2D eigenvalue weighted by molar-refractivity contribution is -0.118. The number of rotatable bonds is 0. The molecule has 1 heterocycles. The molecule has 0 saturated carbocycles. The summed E-state index contributed by atoms with van der Waals surface area (Å²) in [5.74, 6) is -0.444. The van der Waals surface area contributed by atoms with E-state index in [1.807, 2.05) is 0 Å². The summed E-state index contributed by atoms with van der Waals surface area (Å²) >= 11 is 3.70. The summed E-state index contributed by atoms with van der Waals surface area (Å²) in [5.41, 5.74) is 0. The van der Waals surface area contributed by atoms with Crippen LogP contribution in [0.2, 0.25) is 0 Å². The van der Waals surface area contributed by atoms with E-state index in [1.54, 1.807) is 0 Å². The van der Waals surface area contributed by atoms with Crippen LogP contribution in [-0.2, 0) is 4.79 Å². The minimum Gasteiger partial charge on any atom is -0.381 e. The monoisotopic (exact) mass is 143 g/mol. The maximum absolute atomic E-state index is 10.6. The van der Waals surface area contributed by atoms with Crippen molar-refractivity contribution in [2.75, 3.05) is 0 Å². The molecule has 0 radical (unpaired) electrons. The van der Waals surface area contributed by atoms with E-state index >= 15 is 0 Å². The number of aliphatic imine (C=N–C) groups is 1. The van der Waals surface area contributed by atoms with Gasteiger partial charge in [-0.3, -0.25) is 4.79 Å². The number of ketones is 1. The summed E-state index contributed by atoms with van der Waals surface area (Å²) < 4.78 is 0. The highest BCUT2D eigenvalue weighted by Gasteiger charge is 2.17. The Bertz CT molecular complexity index is 197. The Morgan fingerprint density at radius 2 is 2.44 bits per heavy atom. The van der Waals surface area contributed by atoms with Gasteiger partial charge in [0, 0.05) is 6.20 Å². The second-order valence-electron chi connectivity index (χ2n) is 1.60. The minimum atomic E-state index is -1.05. The molecule has 0 amide bonds. The van der Waals surface area contributed by atoms with Crippen molar-refractivity contribution in [1.82, 2.24) is 0 Å². The van der Waals surface area contributed by atoms with E-state index < -0.39 is 11.9 Å². The van der Waals surface area contributed by atoms with Crippen molar-refractivity contribution in [1.29, 1.82) is 0 Å². The van der Waals surface area contributed by atoms with Crippen LogP contribution < -0.4 is 0 Å². The summed E-state index contributed by atoms with van der Waals surface area (Å²) in [6.45, 7) is 0. The first-order valence-electron chi connectivity index (χ1n) is 2.37. The Labute approximate surface area is 57.5 Å². The lowest BCUT2D eigenvalue weighted by Crippen LogP contribution is -2.25. The third-order valence-corrected chi connectivity index (χ3v) is 1.29. The SMILES string of the molecule is O=C1C(S)=NC=CC1O. The molecule has 9 heavy (non-hydrogen) atoms. The number of thiol groups is 1. The largest absolute Gasteiger partial charge is 0.381 e. The van der Waals surface area contributed by atoms with Crippen molar-refractivity contribution in [3.63, 3.8) is 0 Å². The van der Waals surface area contributed by atoms with Crippen LogP contribution in [-0.4, -0.2) is 22.0 Å². The number of aliphatic hydroxyl groups is 1.